The molecule has 0 saturated heterocycles. The number of amides is 2. The number of benzene rings is 1. The minimum atomic E-state index is -0.444. The molecule has 2 aromatic rings. The maximum Gasteiger partial charge on any atom is 0.264 e. The van der Waals surface area contributed by atoms with Gasteiger partial charge in [-0.25, -0.2) is 5.10 Å². The number of rotatable bonds is 3. The predicted molar refractivity (Wildman–Crippen MR) is 110 cm³/mol. The topological polar surface area (TPSA) is 115 Å². The number of hydrogen-bond acceptors (Lipinski definition) is 5. The number of fused-ring (bicyclic) bond motifs is 1. The largest absolute Gasteiger partial charge is 0.393 e. The highest BCUT2D eigenvalue weighted by Gasteiger charge is 2.32. The first-order valence-electron chi connectivity index (χ1n) is 10.4. The van der Waals surface area contributed by atoms with Crippen molar-refractivity contribution in [3.8, 4) is 0 Å². The van der Waals surface area contributed by atoms with Crippen LogP contribution in [0.4, 0.5) is 0 Å². The standard InChI is InChI=1S/C22H26N4O4/c27-17-7-5-15(6-8-17)22(30)26-10-9-14-3-1-2-4-18(14)19(13-26)24-21(29)16-11-20(28)25-23-12-16/h1-4,11-12,15,17,19,27H,5-10,13H2,(H,24,29)(H,25,28). The SMILES string of the molecule is O=C(NC1CN(C(=O)C2CCC(O)CC2)CCc2ccccc21)c1cn[nH]c(=O)c1. The lowest BCUT2D eigenvalue weighted by Crippen LogP contribution is -2.43. The van der Waals surface area contributed by atoms with Gasteiger partial charge in [0.15, 0.2) is 0 Å². The Bertz CT molecular complexity index is 981. The van der Waals surface area contributed by atoms with E-state index in [2.05, 4.69) is 15.5 Å². The second-order valence-corrected chi connectivity index (χ2v) is 8.10. The summed E-state index contributed by atoms with van der Waals surface area (Å²) in [6.45, 7) is 0.963. The van der Waals surface area contributed by atoms with Crippen molar-refractivity contribution in [2.45, 2.75) is 44.2 Å². The zero-order valence-corrected chi connectivity index (χ0v) is 16.7. The van der Waals surface area contributed by atoms with Crippen LogP contribution in [0.15, 0.2) is 41.3 Å². The molecule has 8 heteroatoms. The molecule has 3 N–H and O–H groups in total. The second-order valence-electron chi connectivity index (χ2n) is 8.10. The molecule has 2 heterocycles. The first-order chi connectivity index (χ1) is 14.5. The average Bonchev–Trinajstić information content (AvgIpc) is 2.94. The molecule has 2 aliphatic rings. The number of aliphatic hydroxyl groups excluding tert-OH is 1. The van der Waals surface area contributed by atoms with Gasteiger partial charge in [0.1, 0.15) is 0 Å². The maximum absolute atomic E-state index is 13.2. The summed E-state index contributed by atoms with van der Waals surface area (Å²) >= 11 is 0. The van der Waals surface area contributed by atoms with Crippen LogP contribution in [0.3, 0.4) is 0 Å². The molecule has 30 heavy (non-hydrogen) atoms. The third-order valence-corrected chi connectivity index (χ3v) is 6.07. The summed E-state index contributed by atoms with van der Waals surface area (Å²) in [5.74, 6) is -0.391. The van der Waals surface area contributed by atoms with Crippen molar-refractivity contribution in [2.75, 3.05) is 13.1 Å². The molecule has 2 amide bonds. The molecule has 1 saturated carbocycles. The number of hydrogen-bond donors (Lipinski definition) is 3. The summed E-state index contributed by atoms with van der Waals surface area (Å²) in [6.07, 6.45) is 4.42. The normalized spacial score (nSPS) is 23.9. The molecule has 1 unspecified atom stereocenters. The number of aliphatic hydroxyl groups is 1. The fraction of sp³-hybridized carbons (Fsp3) is 0.455. The van der Waals surface area contributed by atoms with Gasteiger partial charge >= 0.3 is 0 Å². The molecule has 158 valence electrons. The molecule has 1 fully saturated rings. The van der Waals surface area contributed by atoms with Gasteiger partial charge in [-0.05, 0) is 43.2 Å². The fourth-order valence-corrected chi connectivity index (χ4v) is 4.41. The fourth-order valence-electron chi connectivity index (χ4n) is 4.41. The third kappa shape index (κ3) is 4.43. The molecule has 0 radical (unpaired) electrons. The Morgan fingerprint density at radius 1 is 1.17 bits per heavy atom. The van der Waals surface area contributed by atoms with Crippen molar-refractivity contribution >= 4 is 11.8 Å². The monoisotopic (exact) mass is 410 g/mol. The Morgan fingerprint density at radius 3 is 2.70 bits per heavy atom. The van der Waals surface area contributed by atoms with Gasteiger partial charge in [-0.1, -0.05) is 24.3 Å². The van der Waals surface area contributed by atoms with Gasteiger partial charge in [0.25, 0.3) is 11.5 Å². The van der Waals surface area contributed by atoms with Crippen molar-refractivity contribution in [3.05, 3.63) is 63.6 Å². The number of carbonyl (C=O) groups excluding carboxylic acids is 2. The van der Waals surface area contributed by atoms with Crippen molar-refractivity contribution in [1.29, 1.82) is 0 Å². The van der Waals surface area contributed by atoms with Crippen LogP contribution >= 0.6 is 0 Å². The molecule has 1 aliphatic heterocycles. The van der Waals surface area contributed by atoms with Crippen LogP contribution in [0.25, 0.3) is 0 Å². The summed E-state index contributed by atoms with van der Waals surface area (Å²) in [5, 5.41) is 18.7. The molecule has 0 bridgehead atoms. The summed E-state index contributed by atoms with van der Waals surface area (Å²) in [5.41, 5.74) is 1.82. The predicted octanol–water partition coefficient (Wildman–Crippen LogP) is 1.18. The molecule has 4 rings (SSSR count). The highest BCUT2D eigenvalue weighted by Crippen LogP contribution is 2.29. The van der Waals surface area contributed by atoms with Crippen LogP contribution in [0.5, 0.6) is 0 Å². The highest BCUT2D eigenvalue weighted by atomic mass is 16.3. The van der Waals surface area contributed by atoms with E-state index in [4.69, 9.17) is 0 Å². The summed E-state index contributed by atoms with van der Waals surface area (Å²) in [7, 11) is 0. The number of nitrogens with one attached hydrogen (secondary N) is 2. The Labute approximate surface area is 174 Å². The molecule has 1 aromatic heterocycles. The van der Waals surface area contributed by atoms with Crippen molar-refractivity contribution in [3.63, 3.8) is 0 Å². The number of aromatic amines is 1. The average molecular weight is 410 g/mol. The van der Waals surface area contributed by atoms with E-state index >= 15 is 0 Å². The van der Waals surface area contributed by atoms with Gasteiger partial charge in [-0.15, -0.1) is 0 Å². The summed E-state index contributed by atoms with van der Waals surface area (Å²) in [4.78, 5) is 39.3. The molecule has 8 nitrogen and oxygen atoms in total. The van der Waals surface area contributed by atoms with E-state index in [1.165, 1.54) is 12.3 Å². The van der Waals surface area contributed by atoms with Crippen LogP contribution in [0.1, 0.15) is 53.2 Å². The maximum atomic E-state index is 13.2. The van der Waals surface area contributed by atoms with Gasteiger partial charge in [0.05, 0.1) is 23.9 Å². The van der Waals surface area contributed by atoms with Gasteiger partial charge < -0.3 is 15.3 Å². The van der Waals surface area contributed by atoms with E-state index in [1.807, 2.05) is 29.2 Å². The molecule has 1 aliphatic carbocycles. The van der Waals surface area contributed by atoms with Crippen molar-refractivity contribution in [2.24, 2.45) is 5.92 Å². The van der Waals surface area contributed by atoms with E-state index in [0.717, 1.165) is 17.5 Å². The lowest BCUT2D eigenvalue weighted by Gasteiger charge is -2.32. The van der Waals surface area contributed by atoms with E-state index in [9.17, 15) is 19.5 Å². The first kappa shape index (κ1) is 20.3. The minimum Gasteiger partial charge on any atom is -0.393 e. The zero-order chi connectivity index (χ0) is 21.1. The Kier molecular flexibility index (Phi) is 5.94. The smallest absolute Gasteiger partial charge is 0.264 e. The lowest BCUT2D eigenvalue weighted by atomic mass is 9.86. The molecule has 1 atom stereocenters. The van der Waals surface area contributed by atoms with E-state index < -0.39 is 11.5 Å². The quantitative estimate of drug-likeness (QED) is 0.703. The van der Waals surface area contributed by atoms with Crippen molar-refractivity contribution < 1.29 is 14.7 Å². The van der Waals surface area contributed by atoms with Crippen LogP contribution < -0.4 is 10.9 Å². The Hall–Kier alpha value is -3.00. The third-order valence-electron chi connectivity index (χ3n) is 6.07. The van der Waals surface area contributed by atoms with E-state index in [0.29, 0.717) is 38.8 Å². The molecular weight excluding hydrogens is 384 g/mol. The van der Waals surface area contributed by atoms with E-state index in [1.54, 1.807) is 0 Å². The van der Waals surface area contributed by atoms with Gasteiger partial charge in [0.2, 0.25) is 5.91 Å². The Balaban J connectivity index is 1.55. The number of carbonyl (C=O) groups is 2. The minimum absolute atomic E-state index is 0.0807. The molecular formula is C22H26N4O4. The van der Waals surface area contributed by atoms with Crippen LogP contribution in [-0.2, 0) is 11.2 Å². The van der Waals surface area contributed by atoms with Crippen molar-refractivity contribution in [1.82, 2.24) is 20.4 Å². The van der Waals surface area contributed by atoms with Gasteiger partial charge in [-0.3, -0.25) is 14.4 Å². The zero-order valence-electron chi connectivity index (χ0n) is 16.7. The summed E-state index contributed by atoms with van der Waals surface area (Å²) < 4.78 is 0. The Morgan fingerprint density at radius 2 is 1.93 bits per heavy atom. The second kappa shape index (κ2) is 8.79. The van der Waals surface area contributed by atoms with Gasteiger partial charge in [0, 0.05) is 25.1 Å². The number of nitrogens with zero attached hydrogens (tertiary/aromatic N) is 2. The van der Waals surface area contributed by atoms with Gasteiger partial charge in [-0.2, -0.15) is 5.10 Å². The number of H-pyrrole nitrogens is 1. The number of aromatic nitrogens is 2. The van der Waals surface area contributed by atoms with Crippen LogP contribution in [-0.4, -0.2) is 51.2 Å². The van der Waals surface area contributed by atoms with E-state index in [-0.39, 0.29) is 29.5 Å². The lowest BCUT2D eigenvalue weighted by molar-refractivity contribution is -0.137. The first-order valence-corrected chi connectivity index (χ1v) is 10.4. The summed E-state index contributed by atoms with van der Waals surface area (Å²) in [6, 6.07) is 8.70. The highest BCUT2D eigenvalue weighted by molar-refractivity contribution is 5.94. The van der Waals surface area contributed by atoms with Crippen LogP contribution in [0, 0.1) is 5.92 Å². The molecule has 1 aromatic carbocycles. The van der Waals surface area contributed by atoms with Crippen LogP contribution in [0.2, 0.25) is 0 Å². The molecule has 0 spiro atoms.